The predicted octanol–water partition coefficient (Wildman–Crippen LogP) is 6.20. The molecule has 0 bridgehead atoms. The van der Waals surface area contributed by atoms with Crippen molar-refractivity contribution in [1.29, 1.82) is 0 Å². The van der Waals surface area contributed by atoms with Crippen molar-refractivity contribution < 1.29 is 13.6 Å². The number of nitrogens with zero attached hydrogens (tertiary/aromatic N) is 2. The summed E-state index contributed by atoms with van der Waals surface area (Å²) in [6, 6.07) is 21.9. The van der Waals surface area contributed by atoms with Crippen LogP contribution in [-0.2, 0) is 6.54 Å². The molecule has 0 fully saturated rings. The second-order valence-electron chi connectivity index (χ2n) is 7.93. The average molecular weight is 429 g/mol. The first-order valence-corrected chi connectivity index (χ1v) is 10.4. The largest absolute Gasteiger partial charge is 0.323 e. The van der Waals surface area contributed by atoms with Crippen LogP contribution in [0.15, 0.2) is 85.1 Å². The first-order chi connectivity index (χ1) is 15.5. The number of para-hydroxylation sites is 1. The van der Waals surface area contributed by atoms with Gasteiger partial charge in [-0.15, -0.1) is 0 Å². The van der Waals surface area contributed by atoms with Crippen molar-refractivity contribution in [2.45, 2.75) is 19.5 Å². The van der Waals surface area contributed by atoms with E-state index in [0.717, 1.165) is 46.3 Å². The lowest BCUT2D eigenvalue weighted by molar-refractivity contribution is 0.194. The zero-order valence-electron chi connectivity index (χ0n) is 17.4. The van der Waals surface area contributed by atoms with Gasteiger partial charge in [-0.2, -0.15) is 0 Å². The lowest BCUT2D eigenvalue weighted by Gasteiger charge is -2.31. The van der Waals surface area contributed by atoms with Gasteiger partial charge in [-0.1, -0.05) is 48.0 Å². The van der Waals surface area contributed by atoms with Gasteiger partial charge in [0.15, 0.2) is 0 Å². The second kappa shape index (κ2) is 7.96. The highest BCUT2D eigenvalue weighted by Crippen LogP contribution is 2.37. The molecular weight excluding hydrogens is 408 g/mol. The minimum Gasteiger partial charge on any atom is -0.318 e. The Hall–Kier alpha value is -3.93. The number of aryl methyl sites for hydroxylation is 1. The lowest BCUT2D eigenvalue weighted by atomic mass is 10.00. The zero-order valence-corrected chi connectivity index (χ0v) is 17.4. The first kappa shape index (κ1) is 20.0. The SMILES string of the molecule is Cc1cccc([C@@H]2c3cccn3-c3ccccc3CN2C(=O)Nc2cc(F)ccc2F)c1. The maximum atomic E-state index is 14.3. The van der Waals surface area contributed by atoms with Crippen LogP contribution in [0.3, 0.4) is 0 Å². The Morgan fingerprint density at radius 3 is 2.66 bits per heavy atom. The normalized spacial score (nSPS) is 15.0. The molecule has 32 heavy (non-hydrogen) atoms. The summed E-state index contributed by atoms with van der Waals surface area (Å²) in [5, 5.41) is 2.58. The lowest BCUT2D eigenvalue weighted by Crippen LogP contribution is -2.38. The molecule has 4 aromatic rings. The molecular formula is C26H21F2N3O. The molecule has 0 saturated heterocycles. The van der Waals surface area contributed by atoms with Gasteiger partial charge in [-0.3, -0.25) is 0 Å². The third-order valence-electron chi connectivity index (χ3n) is 5.75. The Kier molecular flexibility index (Phi) is 4.98. The molecule has 0 spiro atoms. The van der Waals surface area contributed by atoms with Crippen LogP contribution >= 0.6 is 0 Å². The van der Waals surface area contributed by atoms with Gasteiger partial charge in [0.2, 0.25) is 0 Å². The number of urea groups is 1. The van der Waals surface area contributed by atoms with E-state index in [4.69, 9.17) is 0 Å². The van der Waals surface area contributed by atoms with Crippen molar-refractivity contribution in [3.8, 4) is 5.69 Å². The van der Waals surface area contributed by atoms with E-state index >= 15 is 0 Å². The van der Waals surface area contributed by atoms with E-state index in [1.807, 2.05) is 73.8 Å². The van der Waals surface area contributed by atoms with Gasteiger partial charge >= 0.3 is 6.03 Å². The maximum Gasteiger partial charge on any atom is 0.323 e. The highest BCUT2D eigenvalue weighted by Gasteiger charge is 2.33. The van der Waals surface area contributed by atoms with E-state index in [1.54, 1.807) is 4.90 Å². The third-order valence-corrected chi connectivity index (χ3v) is 5.75. The number of anilines is 1. The third kappa shape index (κ3) is 3.54. The average Bonchev–Trinajstić information content (AvgIpc) is 3.20. The molecule has 2 amide bonds. The minimum absolute atomic E-state index is 0.189. The zero-order chi connectivity index (χ0) is 22.2. The van der Waals surface area contributed by atoms with Gasteiger partial charge in [0, 0.05) is 18.0 Å². The van der Waals surface area contributed by atoms with Crippen molar-refractivity contribution in [2.75, 3.05) is 5.32 Å². The number of carbonyl (C=O) groups is 1. The molecule has 1 aliphatic heterocycles. The number of hydrogen-bond acceptors (Lipinski definition) is 1. The molecule has 2 heterocycles. The molecule has 1 atom stereocenters. The van der Waals surface area contributed by atoms with Gasteiger partial charge in [0.05, 0.1) is 24.0 Å². The molecule has 0 saturated carbocycles. The quantitative estimate of drug-likeness (QED) is 0.405. The standard InChI is InChI=1S/C26H21F2N3O/c1-17-6-4-8-18(14-17)25-24-10-5-13-30(24)23-9-3-2-7-19(23)16-31(25)26(32)29-22-15-20(27)11-12-21(22)28/h2-15,25H,16H2,1H3,(H,29,32)/t25-/m1/s1. The van der Waals surface area contributed by atoms with Crippen LogP contribution in [0.5, 0.6) is 0 Å². The predicted molar refractivity (Wildman–Crippen MR) is 120 cm³/mol. The fraction of sp³-hybridized carbons (Fsp3) is 0.115. The number of nitrogens with one attached hydrogen (secondary N) is 1. The minimum atomic E-state index is -0.689. The molecule has 6 heteroatoms. The molecule has 160 valence electrons. The smallest absolute Gasteiger partial charge is 0.318 e. The van der Waals surface area contributed by atoms with Gasteiger partial charge in [-0.25, -0.2) is 13.6 Å². The second-order valence-corrected chi connectivity index (χ2v) is 7.93. The Morgan fingerprint density at radius 1 is 0.969 bits per heavy atom. The number of amides is 2. The van der Waals surface area contributed by atoms with Crippen LogP contribution < -0.4 is 5.32 Å². The van der Waals surface area contributed by atoms with Crippen molar-refractivity contribution in [2.24, 2.45) is 0 Å². The molecule has 0 aliphatic carbocycles. The van der Waals surface area contributed by atoms with E-state index in [2.05, 4.69) is 9.88 Å². The molecule has 4 nitrogen and oxygen atoms in total. The van der Waals surface area contributed by atoms with Crippen LogP contribution in [0.2, 0.25) is 0 Å². The summed E-state index contributed by atoms with van der Waals surface area (Å²) in [6.07, 6.45) is 1.98. The summed E-state index contributed by atoms with van der Waals surface area (Å²) in [7, 11) is 0. The Balaban J connectivity index is 1.65. The Labute approximate surface area is 184 Å². The highest BCUT2D eigenvalue weighted by molar-refractivity contribution is 5.90. The number of carbonyl (C=O) groups excluding carboxylic acids is 1. The molecule has 3 aromatic carbocycles. The van der Waals surface area contributed by atoms with Gasteiger partial charge in [0.1, 0.15) is 11.6 Å². The number of halogens is 2. The number of benzene rings is 3. The number of hydrogen-bond donors (Lipinski definition) is 1. The monoisotopic (exact) mass is 429 g/mol. The first-order valence-electron chi connectivity index (χ1n) is 10.4. The topological polar surface area (TPSA) is 37.3 Å². The summed E-state index contributed by atoms with van der Waals surface area (Å²) in [6.45, 7) is 2.31. The Bertz CT molecular complexity index is 1310. The maximum absolute atomic E-state index is 14.3. The summed E-state index contributed by atoms with van der Waals surface area (Å²) in [5.41, 5.74) is 4.67. The summed E-state index contributed by atoms with van der Waals surface area (Å²) < 4.78 is 30.1. The van der Waals surface area contributed by atoms with Gasteiger partial charge in [0.25, 0.3) is 0 Å². The Morgan fingerprint density at radius 2 is 1.81 bits per heavy atom. The number of aromatic nitrogens is 1. The molecule has 5 rings (SSSR count). The van der Waals surface area contributed by atoms with Crippen LogP contribution in [0.25, 0.3) is 5.69 Å². The van der Waals surface area contributed by atoms with E-state index in [9.17, 15) is 13.6 Å². The van der Waals surface area contributed by atoms with Gasteiger partial charge in [-0.05, 0) is 48.4 Å². The number of fused-ring (bicyclic) bond motifs is 3. The van der Waals surface area contributed by atoms with Gasteiger partial charge < -0.3 is 14.8 Å². The van der Waals surface area contributed by atoms with Crippen molar-refractivity contribution in [3.05, 3.63) is 119 Å². The van der Waals surface area contributed by atoms with Crippen LogP contribution in [0.4, 0.5) is 19.3 Å². The number of rotatable bonds is 2. The van der Waals surface area contributed by atoms with Crippen LogP contribution in [-0.4, -0.2) is 15.5 Å². The molecule has 0 unspecified atom stereocenters. The van der Waals surface area contributed by atoms with E-state index in [0.29, 0.717) is 6.54 Å². The van der Waals surface area contributed by atoms with Crippen LogP contribution in [0, 0.1) is 18.6 Å². The van der Waals surface area contributed by atoms with E-state index in [1.165, 1.54) is 0 Å². The summed E-state index contributed by atoms with van der Waals surface area (Å²) in [4.78, 5) is 15.2. The van der Waals surface area contributed by atoms with Crippen molar-refractivity contribution in [1.82, 2.24) is 9.47 Å². The fourth-order valence-corrected chi connectivity index (χ4v) is 4.31. The molecule has 1 aromatic heterocycles. The summed E-state index contributed by atoms with van der Waals surface area (Å²) >= 11 is 0. The van der Waals surface area contributed by atoms with E-state index in [-0.39, 0.29) is 5.69 Å². The molecule has 0 radical (unpaired) electrons. The highest BCUT2D eigenvalue weighted by atomic mass is 19.1. The van der Waals surface area contributed by atoms with Crippen molar-refractivity contribution >= 4 is 11.7 Å². The molecule has 1 N–H and O–H groups in total. The van der Waals surface area contributed by atoms with Crippen LogP contribution in [0.1, 0.15) is 28.4 Å². The van der Waals surface area contributed by atoms with Crippen molar-refractivity contribution in [3.63, 3.8) is 0 Å². The van der Waals surface area contributed by atoms with E-state index < -0.39 is 23.7 Å². The fourth-order valence-electron chi connectivity index (χ4n) is 4.31. The molecule has 1 aliphatic rings. The summed E-state index contributed by atoms with van der Waals surface area (Å²) in [5.74, 6) is -1.31.